The minimum Gasteiger partial charge on any atom is -0.379 e. The quantitative estimate of drug-likeness (QED) is 0.248. The lowest BCUT2D eigenvalue weighted by Gasteiger charge is -2.31. The summed E-state index contributed by atoms with van der Waals surface area (Å²) in [6.07, 6.45) is 0. The molecule has 1 aliphatic rings. The molecule has 0 radical (unpaired) electrons. The van der Waals surface area contributed by atoms with Crippen LogP contribution in [0.2, 0.25) is 0 Å². The van der Waals surface area contributed by atoms with Crippen molar-refractivity contribution in [1.29, 1.82) is 0 Å². The van der Waals surface area contributed by atoms with Gasteiger partial charge in [-0.05, 0) is 29.1 Å². The molecule has 0 bridgehead atoms. The van der Waals surface area contributed by atoms with Gasteiger partial charge in [0.2, 0.25) is 15.9 Å². The van der Waals surface area contributed by atoms with Crippen LogP contribution in [0.25, 0.3) is 0 Å². The van der Waals surface area contributed by atoms with Crippen LogP contribution in [0.15, 0.2) is 77.0 Å². The SMILES string of the molecule is O=C(CN(CCN1CCOCC1)S(=O)(=O)c1ccc([N+](=O)[O-])cc1)N(Cc1ccccc1)Cc1cccs1. The number of nitro benzene ring substituents is 1. The van der Waals surface area contributed by atoms with E-state index in [4.69, 9.17) is 4.74 Å². The Morgan fingerprint density at radius 3 is 2.34 bits per heavy atom. The number of hydrogen-bond donors (Lipinski definition) is 0. The average molecular weight is 559 g/mol. The topological polar surface area (TPSA) is 113 Å². The lowest BCUT2D eigenvalue weighted by Crippen LogP contribution is -2.46. The number of thiophene rings is 1. The maximum Gasteiger partial charge on any atom is 0.269 e. The summed E-state index contributed by atoms with van der Waals surface area (Å²) in [6.45, 7) is 3.39. The molecule has 1 amide bonds. The maximum atomic E-state index is 13.7. The van der Waals surface area contributed by atoms with Gasteiger partial charge >= 0.3 is 0 Å². The van der Waals surface area contributed by atoms with Crippen LogP contribution in [-0.4, -0.2) is 79.3 Å². The van der Waals surface area contributed by atoms with Crippen LogP contribution in [0, 0.1) is 10.1 Å². The first-order valence-electron chi connectivity index (χ1n) is 12.2. The number of carbonyl (C=O) groups is 1. The number of carbonyl (C=O) groups excluding carboxylic acids is 1. The summed E-state index contributed by atoms with van der Waals surface area (Å²) in [7, 11) is -4.10. The van der Waals surface area contributed by atoms with E-state index in [-0.39, 0.29) is 29.6 Å². The summed E-state index contributed by atoms with van der Waals surface area (Å²) < 4.78 is 33.9. The Morgan fingerprint density at radius 1 is 1.00 bits per heavy atom. The summed E-state index contributed by atoms with van der Waals surface area (Å²) in [6, 6.07) is 18.2. The number of sulfonamides is 1. The molecule has 0 atom stereocenters. The van der Waals surface area contributed by atoms with Crippen LogP contribution in [0.3, 0.4) is 0 Å². The van der Waals surface area contributed by atoms with Gasteiger partial charge in [-0.3, -0.25) is 19.8 Å². The molecule has 202 valence electrons. The summed E-state index contributed by atoms with van der Waals surface area (Å²) in [5.41, 5.74) is 0.736. The van der Waals surface area contributed by atoms with Crippen LogP contribution >= 0.6 is 11.3 Å². The Morgan fingerprint density at radius 2 is 1.71 bits per heavy atom. The zero-order valence-electron chi connectivity index (χ0n) is 20.8. The van der Waals surface area contributed by atoms with Gasteiger partial charge in [-0.15, -0.1) is 11.3 Å². The Bertz CT molecular complexity index is 1300. The summed E-state index contributed by atoms with van der Waals surface area (Å²) in [5.74, 6) is -0.324. The summed E-state index contributed by atoms with van der Waals surface area (Å²) in [4.78, 5) is 28.8. The predicted molar refractivity (Wildman–Crippen MR) is 144 cm³/mol. The van der Waals surface area contributed by atoms with E-state index >= 15 is 0 Å². The van der Waals surface area contributed by atoms with Gasteiger partial charge in [0.05, 0.1) is 36.1 Å². The molecule has 4 rings (SSSR count). The molecule has 12 heteroatoms. The monoisotopic (exact) mass is 558 g/mol. The first-order valence-corrected chi connectivity index (χ1v) is 14.5. The van der Waals surface area contributed by atoms with Crippen molar-refractivity contribution in [1.82, 2.24) is 14.1 Å². The molecule has 1 fully saturated rings. The van der Waals surface area contributed by atoms with E-state index in [1.165, 1.54) is 27.8 Å². The van der Waals surface area contributed by atoms with Gasteiger partial charge in [0, 0.05) is 49.7 Å². The van der Waals surface area contributed by atoms with Gasteiger partial charge in [0.25, 0.3) is 5.69 Å². The standard InChI is InChI=1S/C26H30N4O6S2/c31-26(28(20-24-7-4-18-37-24)19-22-5-2-1-3-6-22)21-29(13-12-27-14-16-36-17-15-27)38(34,35)25-10-8-23(9-11-25)30(32)33/h1-11,18H,12-17,19-21H2. The van der Waals surface area contributed by atoms with E-state index < -0.39 is 14.9 Å². The van der Waals surface area contributed by atoms with Gasteiger partial charge in [0.15, 0.2) is 0 Å². The number of ether oxygens (including phenoxy) is 1. The van der Waals surface area contributed by atoms with Crippen molar-refractivity contribution in [2.24, 2.45) is 0 Å². The molecular formula is C26H30N4O6S2. The fourth-order valence-corrected chi connectivity index (χ4v) is 6.23. The fraction of sp³-hybridized carbons (Fsp3) is 0.346. The largest absolute Gasteiger partial charge is 0.379 e. The summed E-state index contributed by atoms with van der Waals surface area (Å²) >= 11 is 1.53. The maximum absolute atomic E-state index is 13.7. The normalized spacial score (nSPS) is 14.4. The van der Waals surface area contributed by atoms with E-state index in [2.05, 4.69) is 4.90 Å². The number of morpholine rings is 1. The zero-order chi connectivity index (χ0) is 27.0. The van der Waals surface area contributed by atoms with Crippen LogP contribution in [-0.2, 0) is 32.6 Å². The number of hydrogen-bond acceptors (Lipinski definition) is 8. The highest BCUT2D eigenvalue weighted by atomic mass is 32.2. The number of benzene rings is 2. The average Bonchev–Trinajstić information content (AvgIpc) is 3.45. The van der Waals surface area contributed by atoms with Crippen molar-refractivity contribution in [2.75, 3.05) is 45.9 Å². The van der Waals surface area contributed by atoms with Gasteiger partial charge in [-0.25, -0.2) is 8.42 Å². The van der Waals surface area contributed by atoms with Crippen LogP contribution in [0.1, 0.15) is 10.4 Å². The second-order valence-electron chi connectivity index (χ2n) is 8.86. The van der Waals surface area contributed by atoms with Crippen LogP contribution in [0.4, 0.5) is 5.69 Å². The van der Waals surface area contributed by atoms with Crippen molar-refractivity contribution in [2.45, 2.75) is 18.0 Å². The van der Waals surface area contributed by atoms with Gasteiger partial charge in [0.1, 0.15) is 0 Å². The molecule has 1 aliphatic heterocycles. The van der Waals surface area contributed by atoms with Gasteiger partial charge < -0.3 is 9.64 Å². The molecule has 0 aliphatic carbocycles. The van der Waals surface area contributed by atoms with E-state index in [9.17, 15) is 23.3 Å². The first kappa shape index (κ1) is 27.9. The molecular weight excluding hydrogens is 528 g/mol. The second-order valence-corrected chi connectivity index (χ2v) is 11.8. The second kappa shape index (κ2) is 13.1. The Kier molecular flexibility index (Phi) is 9.58. The highest BCUT2D eigenvalue weighted by Gasteiger charge is 2.30. The molecule has 38 heavy (non-hydrogen) atoms. The van der Waals surface area contributed by atoms with Crippen molar-refractivity contribution in [3.8, 4) is 0 Å². The van der Waals surface area contributed by atoms with Crippen LogP contribution in [0.5, 0.6) is 0 Å². The molecule has 0 N–H and O–H groups in total. The third-order valence-corrected chi connectivity index (χ3v) is 8.98. The molecule has 1 saturated heterocycles. The highest BCUT2D eigenvalue weighted by molar-refractivity contribution is 7.89. The van der Waals surface area contributed by atoms with E-state index in [0.717, 1.165) is 22.6 Å². The van der Waals surface area contributed by atoms with Crippen molar-refractivity contribution in [3.05, 3.63) is 92.7 Å². The Balaban J connectivity index is 1.57. The third-order valence-electron chi connectivity index (χ3n) is 6.26. The van der Waals surface area contributed by atoms with Crippen molar-refractivity contribution in [3.63, 3.8) is 0 Å². The third kappa shape index (κ3) is 7.45. The van der Waals surface area contributed by atoms with Crippen molar-refractivity contribution < 1.29 is 22.9 Å². The lowest BCUT2D eigenvalue weighted by atomic mass is 10.2. The minimum absolute atomic E-state index is 0.0919. The molecule has 0 spiro atoms. The zero-order valence-corrected chi connectivity index (χ0v) is 22.5. The Hall–Kier alpha value is -3.16. The minimum atomic E-state index is -4.10. The lowest BCUT2D eigenvalue weighted by molar-refractivity contribution is -0.384. The number of rotatable bonds is 12. The molecule has 1 aromatic heterocycles. The molecule has 2 aromatic carbocycles. The van der Waals surface area contributed by atoms with Gasteiger partial charge in [-0.2, -0.15) is 4.31 Å². The predicted octanol–water partition coefficient (Wildman–Crippen LogP) is 3.21. The van der Waals surface area contributed by atoms with Crippen LogP contribution < -0.4 is 0 Å². The first-order chi connectivity index (χ1) is 18.3. The number of non-ortho nitro benzene ring substituents is 1. The highest BCUT2D eigenvalue weighted by Crippen LogP contribution is 2.21. The van der Waals surface area contributed by atoms with E-state index in [1.54, 1.807) is 4.90 Å². The number of nitro groups is 1. The molecule has 3 aromatic rings. The molecule has 0 unspecified atom stereocenters. The molecule has 2 heterocycles. The van der Waals surface area contributed by atoms with Crippen molar-refractivity contribution >= 4 is 33.0 Å². The van der Waals surface area contributed by atoms with E-state index in [0.29, 0.717) is 45.9 Å². The fourth-order valence-electron chi connectivity index (χ4n) is 4.13. The molecule has 10 nitrogen and oxygen atoms in total. The molecule has 0 saturated carbocycles. The number of nitrogens with zero attached hydrogens (tertiary/aromatic N) is 4. The van der Waals surface area contributed by atoms with E-state index in [1.807, 2.05) is 47.8 Å². The summed E-state index contributed by atoms with van der Waals surface area (Å²) in [5, 5.41) is 13.0. The van der Waals surface area contributed by atoms with Gasteiger partial charge in [-0.1, -0.05) is 36.4 Å². The number of amides is 1. The Labute approximate surface area is 226 Å². The smallest absolute Gasteiger partial charge is 0.269 e.